The molecule has 2 saturated heterocycles. The molecule has 1 aromatic heterocycles. The van der Waals surface area contributed by atoms with E-state index in [0.717, 1.165) is 16.8 Å². The lowest BCUT2D eigenvalue weighted by atomic mass is 10.0. The van der Waals surface area contributed by atoms with Crippen molar-refractivity contribution in [2.24, 2.45) is 0 Å². The van der Waals surface area contributed by atoms with Crippen LogP contribution in [0.25, 0.3) is 22.4 Å². The number of benzene rings is 3. The molecule has 0 radical (unpaired) electrons. The van der Waals surface area contributed by atoms with Gasteiger partial charge >= 0.3 is 0 Å². The van der Waals surface area contributed by atoms with Crippen LogP contribution in [0.2, 0.25) is 0 Å². The minimum absolute atomic E-state index is 0.107. The molecule has 2 N–H and O–H groups in total. The second kappa shape index (κ2) is 9.89. The van der Waals surface area contributed by atoms with Gasteiger partial charge in [0, 0.05) is 17.3 Å². The van der Waals surface area contributed by atoms with Gasteiger partial charge in [0.25, 0.3) is 5.91 Å². The highest BCUT2D eigenvalue weighted by Crippen LogP contribution is 2.29. The van der Waals surface area contributed by atoms with Gasteiger partial charge in [-0.3, -0.25) is 4.79 Å². The van der Waals surface area contributed by atoms with Gasteiger partial charge in [-0.15, -0.1) is 0 Å². The molecule has 4 unspecified atom stereocenters. The van der Waals surface area contributed by atoms with Crippen molar-refractivity contribution >= 4 is 11.9 Å². The zero-order valence-corrected chi connectivity index (χ0v) is 19.6. The van der Waals surface area contributed by atoms with Crippen molar-refractivity contribution in [3.05, 3.63) is 103 Å². The van der Waals surface area contributed by atoms with Crippen LogP contribution in [0.15, 0.2) is 97.2 Å². The largest absolute Gasteiger partial charge is 0.371 e. The number of hydrogen-bond acceptors (Lipinski definition) is 6. The monoisotopic (exact) mass is 478 g/mol. The normalized spacial score (nSPS) is 22.7. The first kappa shape index (κ1) is 22.4. The Kier molecular flexibility index (Phi) is 6.15. The third kappa shape index (κ3) is 4.58. The number of amides is 1. The maximum absolute atomic E-state index is 12.6. The van der Waals surface area contributed by atoms with E-state index in [1.54, 1.807) is 18.3 Å². The van der Waals surface area contributed by atoms with Crippen LogP contribution in [-0.4, -0.2) is 53.4 Å². The molecule has 0 spiro atoms. The Labute approximate surface area is 209 Å². The molecular weight excluding hydrogens is 452 g/mol. The number of anilines is 1. The van der Waals surface area contributed by atoms with E-state index in [4.69, 9.17) is 14.5 Å². The van der Waals surface area contributed by atoms with Gasteiger partial charge in [0.15, 0.2) is 0 Å². The Hall–Kier alpha value is -4.07. The van der Waals surface area contributed by atoms with Crippen molar-refractivity contribution in [3.63, 3.8) is 0 Å². The van der Waals surface area contributed by atoms with Crippen LogP contribution in [0.4, 0.5) is 5.95 Å². The van der Waals surface area contributed by atoms with E-state index < -0.39 is 0 Å². The molecule has 2 aliphatic heterocycles. The third-order valence-electron chi connectivity index (χ3n) is 6.66. The molecule has 7 nitrogen and oxygen atoms in total. The molecule has 3 aromatic carbocycles. The van der Waals surface area contributed by atoms with Crippen molar-refractivity contribution in [1.29, 1.82) is 0 Å². The van der Waals surface area contributed by atoms with Crippen LogP contribution in [0, 0.1) is 0 Å². The molecule has 36 heavy (non-hydrogen) atoms. The van der Waals surface area contributed by atoms with Crippen LogP contribution < -0.4 is 10.6 Å². The maximum atomic E-state index is 12.6. The molecule has 1 amide bonds. The van der Waals surface area contributed by atoms with Gasteiger partial charge < -0.3 is 20.1 Å². The average Bonchev–Trinajstić information content (AvgIpc) is 3.53. The number of carbonyl (C=O) groups excluding carboxylic acids is 1. The van der Waals surface area contributed by atoms with Crippen molar-refractivity contribution in [1.82, 2.24) is 15.3 Å². The number of hydrogen-bond donors (Lipinski definition) is 2. The highest BCUT2D eigenvalue weighted by atomic mass is 16.6. The van der Waals surface area contributed by atoms with E-state index in [2.05, 4.69) is 52.0 Å². The van der Waals surface area contributed by atoms with Gasteiger partial charge in [0.1, 0.15) is 12.2 Å². The van der Waals surface area contributed by atoms with Crippen molar-refractivity contribution < 1.29 is 14.3 Å². The number of nitrogens with one attached hydrogen (secondary N) is 2. The lowest BCUT2D eigenvalue weighted by Gasteiger charge is -2.18. The van der Waals surface area contributed by atoms with Crippen LogP contribution in [0.5, 0.6) is 0 Å². The topological polar surface area (TPSA) is 85.4 Å². The fraction of sp³-hybridized carbons (Fsp3) is 0.207. The zero-order chi connectivity index (χ0) is 24.3. The molecule has 4 aromatic rings. The van der Waals surface area contributed by atoms with Gasteiger partial charge in [-0.05, 0) is 29.3 Å². The summed E-state index contributed by atoms with van der Waals surface area (Å²) in [5.41, 5.74) is 4.81. The molecular formula is C29H26N4O3. The summed E-state index contributed by atoms with van der Waals surface area (Å²) in [4.78, 5) is 21.7. The van der Waals surface area contributed by atoms with Crippen molar-refractivity contribution in [2.45, 2.75) is 24.3 Å². The SMILES string of the molecule is O=C(NC1COC2C(Nc3nccc(-c4ccc(-c5ccccc5)cc4)n3)COC12)c1ccccc1. The first-order valence-electron chi connectivity index (χ1n) is 12.1. The van der Waals surface area contributed by atoms with Crippen molar-refractivity contribution in [3.8, 4) is 22.4 Å². The van der Waals surface area contributed by atoms with Gasteiger partial charge in [-0.1, -0.05) is 72.8 Å². The average molecular weight is 479 g/mol. The molecule has 2 fully saturated rings. The first-order valence-corrected chi connectivity index (χ1v) is 12.1. The van der Waals surface area contributed by atoms with Crippen LogP contribution in [0.1, 0.15) is 10.4 Å². The summed E-state index contributed by atoms with van der Waals surface area (Å²) in [6, 6.07) is 29.4. The Balaban J connectivity index is 1.11. The summed E-state index contributed by atoms with van der Waals surface area (Å²) in [6.45, 7) is 0.854. The summed E-state index contributed by atoms with van der Waals surface area (Å²) in [5, 5.41) is 6.43. The van der Waals surface area contributed by atoms with Gasteiger partial charge in [-0.25, -0.2) is 9.97 Å². The number of fused-ring (bicyclic) bond motifs is 1. The van der Waals surface area contributed by atoms with Crippen LogP contribution in [-0.2, 0) is 9.47 Å². The molecule has 4 atom stereocenters. The minimum atomic E-state index is -0.219. The summed E-state index contributed by atoms with van der Waals surface area (Å²) >= 11 is 0. The smallest absolute Gasteiger partial charge is 0.251 e. The maximum Gasteiger partial charge on any atom is 0.251 e. The molecule has 3 heterocycles. The summed E-state index contributed by atoms with van der Waals surface area (Å²) in [5.74, 6) is 0.397. The molecule has 0 bridgehead atoms. The third-order valence-corrected chi connectivity index (χ3v) is 6.66. The Morgan fingerprint density at radius 2 is 1.33 bits per heavy atom. The van der Waals surface area contributed by atoms with Gasteiger partial charge in [-0.2, -0.15) is 0 Å². The number of nitrogens with zero attached hydrogens (tertiary/aromatic N) is 2. The summed E-state index contributed by atoms with van der Waals surface area (Å²) < 4.78 is 12.0. The van der Waals surface area contributed by atoms with E-state index in [-0.39, 0.29) is 30.2 Å². The predicted molar refractivity (Wildman–Crippen MR) is 137 cm³/mol. The van der Waals surface area contributed by atoms with E-state index in [0.29, 0.717) is 24.7 Å². The van der Waals surface area contributed by atoms with Gasteiger partial charge in [0.2, 0.25) is 5.95 Å². The van der Waals surface area contributed by atoms with E-state index in [1.807, 2.05) is 42.5 Å². The standard InChI is InChI=1S/C29H26N4O3/c34-28(22-9-5-2-6-10-22)31-24-17-35-27-25(18-36-26(24)27)33-29-30-16-15-23(32-29)21-13-11-20(12-14-21)19-7-3-1-4-8-19/h1-16,24-27H,17-18H2,(H,31,34)(H,30,32,33). The van der Waals surface area contributed by atoms with E-state index >= 15 is 0 Å². The van der Waals surface area contributed by atoms with Gasteiger partial charge in [0.05, 0.1) is 31.0 Å². The highest BCUT2D eigenvalue weighted by Gasteiger charge is 2.48. The van der Waals surface area contributed by atoms with Crippen LogP contribution in [0.3, 0.4) is 0 Å². The molecule has 180 valence electrons. The summed E-state index contributed by atoms with van der Waals surface area (Å²) in [7, 11) is 0. The fourth-order valence-corrected chi connectivity index (χ4v) is 4.81. The molecule has 6 rings (SSSR count). The minimum Gasteiger partial charge on any atom is -0.371 e. The zero-order valence-electron chi connectivity index (χ0n) is 19.6. The second-order valence-corrected chi connectivity index (χ2v) is 9.00. The quantitative estimate of drug-likeness (QED) is 0.432. The van der Waals surface area contributed by atoms with Crippen molar-refractivity contribution in [2.75, 3.05) is 18.5 Å². The fourth-order valence-electron chi connectivity index (χ4n) is 4.81. The number of aromatic nitrogens is 2. The molecule has 7 heteroatoms. The summed E-state index contributed by atoms with van der Waals surface area (Å²) in [6.07, 6.45) is 1.34. The number of ether oxygens (including phenoxy) is 2. The molecule has 0 aliphatic carbocycles. The van der Waals surface area contributed by atoms with Crippen LogP contribution >= 0.6 is 0 Å². The Bertz CT molecular complexity index is 1330. The Morgan fingerprint density at radius 1 is 0.722 bits per heavy atom. The van der Waals surface area contributed by atoms with E-state index in [9.17, 15) is 4.79 Å². The number of carbonyl (C=O) groups is 1. The molecule has 0 saturated carbocycles. The first-order chi connectivity index (χ1) is 17.7. The predicted octanol–water partition coefficient (Wildman–Crippen LogP) is 4.19. The second-order valence-electron chi connectivity index (χ2n) is 9.00. The highest BCUT2D eigenvalue weighted by molar-refractivity contribution is 5.94. The lowest BCUT2D eigenvalue weighted by molar-refractivity contribution is 0.0652. The Morgan fingerprint density at radius 3 is 2.08 bits per heavy atom. The lowest BCUT2D eigenvalue weighted by Crippen LogP contribution is -2.44. The molecule has 2 aliphatic rings. The number of rotatable bonds is 6. The van der Waals surface area contributed by atoms with E-state index in [1.165, 1.54) is 5.56 Å².